The van der Waals surface area contributed by atoms with Crippen LogP contribution in [0, 0.1) is 11.6 Å². The lowest BCUT2D eigenvalue weighted by molar-refractivity contribution is 0.103. The number of ketones is 1. The molecule has 9 heteroatoms. The first-order valence-electron chi connectivity index (χ1n) is 8.31. The van der Waals surface area contributed by atoms with Crippen LogP contribution in [0.25, 0.3) is 10.9 Å². The second-order valence-corrected chi connectivity index (χ2v) is 8.29. The Balaban J connectivity index is 2.10. The molecule has 146 valence electrons. The number of nitrogens with one attached hydrogen (secondary N) is 1. The minimum Gasteiger partial charge on any atom is -0.288 e. The van der Waals surface area contributed by atoms with Crippen molar-refractivity contribution in [3.63, 3.8) is 0 Å². The molecule has 0 aliphatic heterocycles. The van der Waals surface area contributed by atoms with E-state index in [0.717, 1.165) is 0 Å². The standard InChI is InChI=1S/C19H15ClF2N2O3S/c1-2-8-28(26,27)24-15-10-13(21)18(22)16(17(15)20)19(25)12-5-6-14-11(9-12)4-3-7-23-14/h3-7,9-10,24H,2,8H2,1H3. The molecule has 3 aromatic rings. The molecule has 0 unspecified atom stereocenters. The number of anilines is 1. The molecule has 0 amide bonds. The van der Waals surface area contributed by atoms with Crippen LogP contribution in [0.4, 0.5) is 14.5 Å². The summed E-state index contributed by atoms with van der Waals surface area (Å²) in [7, 11) is -3.82. The molecule has 5 nitrogen and oxygen atoms in total. The Hall–Kier alpha value is -2.58. The van der Waals surface area contributed by atoms with Crippen molar-refractivity contribution in [2.24, 2.45) is 0 Å². The average molecular weight is 425 g/mol. The Morgan fingerprint density at radius 3 is 2.68 bits per heavy atom. The molecule has 0 bridgehead atoms. The van der Waals surface area contributed by atoms with Gasteiger partial charge in [-0.05, 0) is 30.7 Å². The molecular weight excluding hydrogens is 410 g/mol. The molecule has 0 saturated heterocycles. The molecule has 28 heavy (non-hydrogen) atoms. The van der Waals surface area contributed by atoms with Gasteiger partial charge in [0.25, 0.3) is 0 Å². The van der Waals surface area contributed by atoms with E-state index in [0.29, 0.717) is 23.4 Å². The lowest BCUT2D eigenvalue weighted by Gasteiger charge is -2.13. The number of hydrogen-bond acceptors (Lipinski definition) is 4. The van der Waals surface area contributed by atoms with Gasteiger partial charge in [-0.1, -0.05) is 24.6 Å². The van der Waals surface area contributed by atoms with Crippen molar-refractivity contribution in [1.29, 1.82) is 0 Å². The van der Waals surface area contributed by atoms with E-state index in [9.17, 15) is 22.0 Å². The highest BCUT2D eigenvalue weighted by Crippen LogP contribution is 2.33. The fourth-order valence-corrected chi connectivity index (χ4v) is 4.19. The number of fused-ring (bicyclic) bond motifs is 1. The Bertz CT molecular complexity index is 1180. The van der Waals surface area contributed by atoms with Gasteiger partial charge in [0.15, 0.2) is 17.4 Å². The number of nitrogens with zero attached hydrogens (tertiary/aromatic N) is 1. The van der Waals surface area contributed by atoms with E-state index in [1.165, 1.54) is 12.1 Å². The van der Waals surface area contributed by atoms with Gasteiger partial charge in [0, 0.05) is 23.2 Å². The zero-order valence-electron chi connectivity index (χ0n) is 14.7. The van der Waals surface area contributed by atoms with E-state index in [2.05, 4.69) is 9.71 Å². The second kappa shape index (κ2) is 7.81. The van der Waals surface area contributed by atoms with Crippen molar-refractivity contribution in [3.05, 3.63) is 70.4 Å². The van der Waals surface area contributed by atoms with Crippen LogP contribution in [0.15, 0.2) is 42.6 Å². The van der Waals surface area contributed by atoms with Gasteiger partial charge >= 0.3 is 0 Å². The van der Waals surface area contributed by atoms with Crippen LogP contribution >= 0.6 is 11.6 Å². The Kier molecular flexibility index (Phi) is 5.62. The van der Waals surface area contributed by atoms with Gasteiger partial charge < -0.3 is 0 Å². The zero-order valence-corrected chi connectivity index (χ0v) is 16.2. The van der Waals surface area contributed by atoms with Crippen LogP contribution in [0.3, 0.4) is 0 Å². The van der Waals surface area contributed by atoms with Gasteiger partial charge in [0.2, 0.25) is 10.0 Å². The maximum atomic E-state index is 14.4. The molecule has 0 spiro atoms. The summed E-state index contributed by atoms with van der Waals surface area (Å²) < 4.78 is 54.5. The minimum absolute atomic E-state index is 0.0641. The third-order valence-electron chi connectivity index (χ3n) is 3.99. The Morgan fingerprint density at radius 2 is 1.96 bits per heavy atom. The molecular formula is C19H15ClF2N2O3S. The molecule has 0 aliphatic carbocycles. The third-order valence-corrected chi connectivity index (χ3v) is 5.86. The van der Waals surface area contributed by atoms with E-state index < -0.39 is 38.0 Å². The summed E-state index contributed by atoms with van der Waals surface area (Å²) in [6.07, 6.45) is 1.90. The molecule has 0 fully saturated rings. The summed E-state index contributed by atoms with van der Waals surface area (Å²) in [6.45, 7) is 1.65. The summed E-state index contributed by atoms with van der Waals surface area (Å²) in [6, 6.07) is 8.47. The third kappa shape index (κ3) is 3.98. The van der Waals surface area contributed by atoms with Crippen molar-refractivity contribution >= 4 is 44.0 Å². The Labute approximate surface area is 165 Å². The number of pyridine rings is 1. The summed E-state index contributed by atoms with van der Waals surface area (Å²) in [5.74, 6) is -3.93. The maximum Gasteiger partial charge on any atom is 0.232 e. The van der Waals surface area contributed by atoms with Crippen LogP contribution < -0.4 is 4.72 Å². The van der Waals surface area contributed by atoms with E-state index in [-0.39, 0.29) is 17.0 Å². The summed E-state index contributed by atoms with van der Waals surface area (Å²) >= 11 is 6.09. The highest BCUT2D eigenvalue weighted by Gasteiger charge is 2.26. The topological polar surface area (TPSA) is 76.1 Å². The fraction of sp³-hybridized carbons (Fsp3) is 0.158. The second-order valence-electron chi connectivity index (χ2n) is 6.07. The van der Waals surface area contributed by atoms with E-state index in [1.54, 1.807) is 31.3 Å². The van der Waals surface area contributed by atoms with Gasteiger partial charge in [-0.15, -0.1) is 0 Å². The average Bonchev–Trinajstić information content (AvgIpc) is 2.65. The smallest absolute Gasteiger partial charge is 0.232 e. The minimum atomic E-state index is -3.82. The van der Waals surface area contributed by atoms with Crippen molar-refractivity contribution in [2.45, 2.75) is 13.3 Å². The lowest BCUT2D eigenvalue weighted by Crippen LogP contribution is -2.18. The summed E-state index contributed by atoms with van der Waals surface area (Å²) in [4.78, 5) is 17.0. The molecule has 0 saturated carbocycles. The van der Waals surface area contributed by atoms with Crippen LogP contribution in [0.2, 0.25) is 5.02 Å². The first-order valence-corrected chi connectivity index (χ1v) is 10.3. The molecule has 1 heterocycles. The van der Waals surface area contributed by atoms with Crippen molar-refractivity contribution in [3.8, 4) is 0 Å². The number of carbonyl (C=O) groups excluding carboxylic acids is 1. The first-order chi connectivity index (χ1) is 13.2. The predicted molar refractivity (Wildman–Crippen MR) is 104 cm³/mol. The molecule has 2 aromatic carbocycles. The molecule has 1 aromatic heterocycles. The predicted octanol–water partition coefficient (Wildman–Crippen LogP) is 4.55. The number of hydrogen-bond donors (Lipinski definition) is 1. The zero-order chi connectivity index (χ0) is 20.5. The summed E-state index contributed by atoms with van der Waals surface area (Å²) in [5, 5.41) is 0.125. The number of halogens is 3. The number of aromatic nitrogens is 1. The monoisotopic (exact) mass is 424 g/mol. The summed E-state index contributed by atoms with van der Waals surface area (Å²) in [5.41, 5.74) is -0.439. The van der Waals surface area contributed by atoms with E-state index >= 15 is 0 Å². The van der Waals surface area contributed by atoms with Gasteiger partial charge in [-0.25, -0.2) is 17.2 Å². The number of benzene rings is 2. The highest BCUT2D eigenvalue weighted by atomic mass is 35.5. The molecule has 0 aliphatic rings. The fourth-order valence-electron chi connectivity index (χ4n) is 2.73. The van der Waals surface area contributed by atoms with Crippen LogP contribution in [-0.4, -0.2) is 24.9 Å². The van der Waals surface area contributed by atoms with Gasteiger partial charge in [0.1, 0.15) is 0 Å². The first kappa shape index (κ1) is 20.2. The van der Waals surface area contributed by atoms with E-state index in [4.69, 9.17) is 11.6 Å². The highest BCUT2D eigenvalue weighted by molar-refractivity contribution is 7.92. The maximum absolute atomic E-state index is 14.4. The van der Waals surface area contributed by atoms with Gasteiger partial charge in [-0.3, -0.25) is 14.5 Å². The van der Waals surface area contributed by atoms with Crippen molar-refractivity contribution in [1.82, 2.24) is 4.98 Å². The van der Waals surface area contributed by atoms with Gasteiger partial charge in [0.05, 0.1) is 27.5 Å². The lowest BCUT2D eigenvalue weighted by atomic mass is 10.00. The largest absolute Gasteiger partial charge is 0.288 e. The molecule has 1 N–H and O–H groups in total. The molecule has 0 radical (unpaired) electrons. The van der Waals surface area contributed by atoms with Crippen molar-refractivity contribution < 1.29 is 22.0 Å². The van der Waals surface area contributed by atoms with Crippen LogP contribution in [-0.2, 0) is 10.0 Å². The molecule has 0 atom stereocenters. The molecule has 3 rings (SSSR count). The van der Waals surface area contributed by atoms with Gasteiger partial charge in [-0.2, -0.15) is 0 Å². The SMILES string of the molecule is CCCS(=O)(=O)Nc1cc(F)c(F)c(C(=O)c2ccc3ncccc3c2)c1Cl. The van der Waals surface area contributed by atoms with Crippen LogP contribution in [0.1, 0.15) is 29.3 Å². The van der Waals surface area contributed by atoms with Crippen LogP contribution in [0.5, 0.6) is 0 Å². The number of sulfonamides is 1. The van der Waals surface area contributed by atoms with Crippen molar-refractivity contribution in [2.75, 3.05) is 10.5 Å². The normalized spacial score (nSPS) is 11.6. The Morgan fingerprint density at radius 1 is 1.21 bits per heavy atom. The quantitative estimate of drug-likeness (QED) is 0.465. The number of rotatable bonds is 6. The van der Waals surface area contributed by atoms with E-state index in [1.807, 2.05) is 0 Å². The number of carbonyl (C=O) groups is 1.